The topological polar surface area (TPSA) is 112 Å². The van der Waals surface area contributed by atoms with Gasteiger partial charge < -0.3 is 9.47 Å². The van der Waals surface area contributed by atoms with Crippen LogP contribution in [0.5, 0.6) is 5.75 Å². The first-order valence-corrected chi connectivity index (χ1v) is 9.34. The van der Waals surface area contributed by atoms with E-state index >= 15 is 0 Å². The highest BCUT2D eigenvalue weighted by molar-refractivity contribution is 5.90. The first-order chi connectivity index (χ1) is 15.1. The highest BCUT2D eigenvalue weighted by Crippen LogP contribution is 2.21. The van der Waals surface area contributed by atoms with Crippen molar-refractivity contribution in [2.24, 2.45) is 0 Å². The molecule has 2 aromatic carbocycles. The Morgan fingerprint density at radius 2 is 1.87 bits per heavy atom. The minimum absolute atomic E-state index is 0.0127. The van der Waals surface area contributed by atoms with Crippen molar-refractivity contribution in [3.05, 3.63) is 82.7 Å². The quantitative estimate of drug-likeness (QED) is 0.445. The molecule has 2 heterocycles. The summed E-state index contributed by atoms with van der Waals surface area (Å²) in [5.41, 5.74) is 0.822. The number of para-hydroxylation sites is 2. The molecule has 0 saturated heterocycles. The van der Waals surface area contributed by atoms with Gasteiger partial charge in [0.2, 0.25) is 5.69 Å². The third-order valence-electron chi connectivity index (χ3n) is 4.62. The van der Waals surface area contributed by atoms with Crippen molar-refractivity contribution in [2.75, 3.05) is 7.11 Å². The van der Waals surface area contributed by atoms with Crippen LogP contribution >= 0.6 is 0 Å². The largest absolute Gasteiger partial charge is 0.493 e. The van der Waals surface area contributed by atoms with Crippen molar-refractivity contribution in [1.29, 1.82) is 5.26 Å². The number of ether oxygens (including phenoxy) is 2. The van der Waals surface area contributed by atoms with Crippen LogP contribution in [0.2, 0.25) is 0 Å². The van der Waals surface area contributed by atoms with Crippen LogP contribution in [0.1, 0.15) is 16.3 Å². The zero-order valence-corrected chi connectivity index (χ0v) is 16.6. The van der Waals surface area contributed by atoms with Crippen molar-refractivity contribution in [1.82, 2.24) is 19.3 Å². The van der Waals surface area contributed by atoms with Crippen molar-refractivity contribution in [3.63, 3.8) is 0 Å². The van der Waals surface area contributed by atoms with Gasteiger partial charge in [0.1, 0.15) is 13.2 Å². The molecule has 154 valence electrons. The normalized spacial score (nSPS) is 10.6. The van der Waals surface area contributed by atoms with Gasteiger partial charge in [-0.1, -0.05) is 30.3 Å². The van der Waals surface area contributed by atoms with Crippen LogP contribution in [0.25, 0.3) is 16.6 Å². The van der Waals surface area contributed by atoms with Crippen LogP contribution < -0.4 is 10.3 Å². The molecule has 0 radical (unpaired) electrons. The molecule has 0 aliphatic heterocycles. The molecule has 4 rings (SSSR count). The first-order valence-electron chi connectivity index (χ1n) is 9.34. The highest BCUT2D eigenvalue weighted by atomic mass is 16.5. The monoisotopic (exact) mass is 415 g/mol. The molecule has 0 N–H and O–H groups in total. The van der Waals surface area contributed by atoms with Crippen molar-refractivity contribution >= 4 is 16.9 Å². The van der Waals surface area contributed by atoms with E-state index in [1.165, 1.54) is 16.4 Å². The Kier molecular flexibility index (Phi) is 5.45. The number of esters is 1. The van der Waals surface area contributed by atoms with E-state index in [1.807, 2.05) is 36.4 Å². The Morgan fingerprint density at radius 3 is 2.61 bits per heavy atom. The summed E-state index contributed by atoms with van der Waals surface area (Å²) in [5, 5.41) is 13.8. The molecular weight excluding hydrogens is 398 g/mol. The maximum atomic E-state index is 12.7. The molecule has 4 aromatic rings. The number of aromatic nitrogens is 4. The molecule has 31 heavy (non-hydrogen) atoms. The van der Waals surface area contributed by atoms with Gasteiger partial charge >= 0.3 is 5.97 Å². The fourth-order valence-electron chi connectivity index (χ4n) is 3.12. The Balaban J connectivity index is 1.63. The van der Waals surface area contributed by atoms with Gasteiger partial charge in [0.15, 0.2) is 11.6 Å². The van der Waals surface area contributed by atoms with E-state index in [0.717, 1.165) is 5.69 Å². The molecule has 0 unspecified atom stereocenters. The average Bonchev–Trinajstić information content (AvgIpc) is 3.25. The highest BCUT2D eigenvalue weighted by Gasteiger charge is 2.21. The van der Waals surface area contributed by atoms with E-state index in [2.05, 4.69) is 10.1 Å². The number of nitrogens with zero attached hydrogens (tertiary/aromatic N) is 5. The summed E-state index contributed by atoms with van der Waals surface area (Å²) >= 11 is 0. The lowest BCUT2D eigenvalue weighted by atomic mass is 10.2. The summed E-state index contributed by atoms with van der Waals surface area (Å²) < 4.78 is 13.3. The number of fused-ring (bicyclic) bond motifs is 1. The van der Waals surface area contributed by atoms with Gasteiger partial charge in [-0.25, -0.2) is 14.5 Å². The summed E-state index contributed by atoms with van der Waals surface area (Å²) in [6.07, 6.45) is 1.58. The lowest BCUT2D eigenvalue weighted by Crippen LogP contribution is -2.26. The average molecular weight is 415 g/mol. The molecule has 0 atom stereocenters. The summed E-state index contributed by atoms with van der Waals surface area (Å²) in [5.74, 6) is -0.327. The van der Waals surface area contributed by atoms with Gasteiger partial charge in [-0.15, -0.1) is 0 Å². The van der Waals surface area contributed by atoms with Crippen LogP contribution in [0, 0.1) is 11.3 Å². The minimum atomic E-state index is -0.738. The number of rotatable bonds is 6. The van der Waals surface area contributed by atoms with Crippen molar-refractivity contribution < 1.29 is 14.3 Å². The molecule has 0 spiro atoms. The Hall–Kier alpha value is -4.45. The van der Waals surface area contributed by atoms with E-state index in [0.29, 0.717) is 10.9 Å². The van der Waals surface area contributed by atoms with Crippen molar-refractivity contribution in [2.45, 2.75) is 13.2 Å². The lowest BCUT2D eigenvalue weighted by molar-refractivity contribution is 0.0446. The van der Waals surface area contributed by atoms with Crippen LogP contribution in [0.3, 0.4) is 0 Å². The smallest absolute Gasteiger partial charge is 0.363 e. The summed E-state index contributed by atoms with van der Waals surface area (Å²) in [4.78, 5) is 29.8. The van der Waals surface area contributed by atoms with E-state index in [-0.39, 0.29) is 36.0 Å². The maximum Gasteiger partial charge on any atom is 0.363 e. The maximum absolute atomic E-state index is 12.7. The van der Waals surface area contributed by atoms with Gasteiger partial charge in [-0.3, -0.25) is 9.36 Å². The third kappa shape index (κ3) is 3.86. The minimum Gasteiger partial charge on any atom is -0.493 e. The second kappa shape index (κ2) is 8.51. The number of hydrogen-bond donors (Lipinski definition) is 0. The fraction of sp³-hybridized carbons (Fsp3) is 0.136. The van der Waals surface area contributed by atoms with Gasteiger partial charge in [-0.2, -0.15) is 10.4 Å². The molecule has 0 amide bonds. The second-order valence-electron chi connectivity index (χ2n) is 6.50. The molecule has 2 aromatic heterocycles. The molecule has 0 aliphatic carbocycles. The molecular formula is C22H17N5O4. The van der Waals surface area contributed by atoms with Gasteiger partial charge in [-0.05, 0) is 24.3 Å². The number of carbonyl (C=O) groups excluding carboxylic acids is 1. The van der Waals surface area contributed by atoms with E-state index in [9.17, 15) is 9.59 Å². The van der Waals surface area contributed by atoms with Crippen LogP contribution in [0.15, 0.2) is 65.6 Å². The predicted octanol–water partition coefficient (Wildman–Crippen LogP) is 2.47. The SMILES string of the molecule is COc1cn(-c2ccccc2)nc1C(=O)OCc1nc2ccccc2c(=O)n1CC#N. The van der Waals surface area contributed by atoms with Gasteiger partial charge in [0.05, 0.1) is 36.0 Å². The summed E-state index contributed by atoms with van der Waals surface area (Å²) in [6.45, 7) is -0.516. The zero-order valence-electron chi connectivity index (χ0n) is 16.6. The molecule has 9 nitrogen and oxygen atoms in total. The zero-order chi connectivity index (χ0) is 21.8. The Labute approximate surface area is 176 Å². The fourth-order valence-corrected chi connectivity index (χ4v) is 3.12. The molecule has 0 fully saturated rings. The number of nitriles is 1. The van der Waals surface area contributed by atoms with Gasteiger partial charge in [0.25, 0.3) is 5.56 Å². The standard InChI is InChI=1S/C22H17N5O4/c1-30-18-13-27(15-7-3-2-4-8-15)25-20(18)22(29)31-14-19-24-17-10-6-5-9-16(17)21(28)26(19)12-11-23/h2-10,13H,12,14H2,1H3. The van der Waals surface area contributed by atoms with Crippen LogP contribution in [0.4, 0.5) is 0 Å². The summed E-state index contributed by atoms with van der Waals surface area (Å²) in [7, 11) is 1.43. The lowest BCUT2D eigenvalue weighted by Gasteiger charge is -2.11. The Morgan fingerprint density at radius 1 is 1.13 bits per heavy atom. The molecule has 0 aliphatic rings. The first kappa shape index (κ1) is 19.8. The number of methoxy groups -OCH3 is 1. The molecule has 9 heteroatoms. The molecule has 0 saturated carbocycles. The number of carbonyl (C=O) groups is 1. The molecule has 0 bridgehead atoms. The second-order valence-corrected chi connectivity index (χ2v) is 6.50. The predicted molar refractivity (Wildman–Crippen MR) is 111 cm³/mol. The van der Waals surface area contributed by atoms with E-state index in [1.54, 1.807) is 30.5 Å². The van der Waals surface area contributed by atoms with Gasteiger partial charge in [0, 0.05) is 0 Å². The Bertz CT molecular complexity index is 1350. The number of hydrogen-bond acceptors (Lipinski definition) is 7. The van der Waals surface area contributed by atoms with E-state index < -0.39 is 5.97 Å². The summed E-state index contributed by atoms with van der Waals surface area (Å²) in [6, 6.07) is 18.0. The van der Waals surface area contributed by atoms with Crippen LogP contribution in [-0.4, -0.2) is 32.4 Å². The number of benzene rings is 2. The van der Waals surface area contributed by atoms with E-state index in [4.69, 9.17) is 14.7 Å². The third-order valence-corrected chi connectivity index (χ3v) is 4.62. The van der Waals surface area contributed by atoms with Crippen molar-refractivity contribution in [3.8, 4) is 17.5 Å². The van der Waals surface area contributed by atoms with Crippen LogP contribution in [-0.2, 0) is 17.9 Å².